The molecule has 0 radical (unpaired) electrons. The Balaban J connectivity index is 1.57. The van der Waals surface area contributed by atoms with Crippen LogP contribution in [0.4, 0.5) is 5.69 Å². The van der Waals surface area contributed by atoms with Crippen molar-refractivity contribution in [3.8, 4) is 16.3 Å². The number of para-hydroxylation sites is 2. The zero-order chi connectivity index (χ0) is 19.7. The number of sulfonamides is 1. The highest BCUT2D eigenvalue weighted by Crippen LogP contribution is 2.33. The highest BCUT2D eigenvalue weighted by molar-refractivity contribution is 7.89. The summed E-state index contributed by atoms with van der Waals surface area (Å²) in [6.45, 7) is 2.04. The number of methoxy groups -OCH3 is 1. The van der Waals surface area contributed by atoms with Gasteiger partial charge >= 0.3 is 0 Å². The van der Waals surface area contributed by atoms with Gasteiger partial charge in [0.15, 0.2) is 0 Å². The Labute approximate surface area is 168 Å². The number of thiophene rings is 1. The molecule has 0 saturated carbocycles. The molecule has 4 rings (SSSR count). The van der Waals surface area contributed by atoms with E-state index >= 15 is 0 Å². The number of ether oxygens (including phenoxy) is 1. The molecule has 0 aliphatic carbocycles. The predicted octanol–water partition coefficient (Wildman–Crippen LogP) is 2.67. The van der Waals surface area contributed by atoms with E-state index in [0.717, 1.165) is 16.3 Å². The van der Waals surface area contributed by atoms with Crippen LogP contribution >= 0.6 is 11.3 Å². The van der Waals surface area contributed by atoms with E-state index in [1.54, 1.807) is 29.3 Å². The van der Waals surface area contributed by atoms with Gasteiger partial charge in [0.25, 0.3) is 0 Å². The van der Waals surface area contributed by atoms with Gasteiger partial charge in [-0.25, -0.2) is 8.42 Å². The molecule has 148 valence electrons. The summed E-state index contributed by atoms with van der Waals surface area (Å²) in [5, 5.41) is 6.32. The van der Waals surface area contributed by atoms with Crippen molar-refractivity contribution >= 4 is 27.0 Å². The van der Waals surface area contributed by atoms with Crippen LogP contribution in [0, 0.1) is 0 Å². The normalized spacial score (nSPS) is 15.7. The fraction of sp³-hybridized carbons (Fsp3) is 0.316. The first-order chi connectivity index (χ1) is 13.5. The summed E-state index contributed by atoms with van der Waals surface area (Å²) in [4.78, 5) is 3.28. The minimum absolute atomic E-state index is 0.267. The van der Waals surface area contributed by atoms with Crippen LogP contribution in [0.25, 0.3) is 10.6 Å². The van der Waals surface area contributed by atoms with Crippen molar-refractivity contribution in [1.29, 1.82) is 0 Å². The van der Waals surface area contributed by atoms with Crippen LogP contribution in [-0.2, 0) is 17.1 Å². The summed E-state index contributed by atoms with van der Waals surface area (Å²) in [5.41, 5.74) is 1.51. The lowest BCUT2D eigenvalue weighted by Gasteiger charge is -2.35. The molecule has 9 heteroatoms. The van der Waals surface area contributed by atoms with E-state index in [1.165, 1.54) is 11.3 Å². The molecule has 0 atom stereocenters. The number of nitrogens with zero attached hydrogens (tertiary/aromatic N) is 4. The number of benzene rings is 1. The summed E-state index contributed by atoms with van der Waals surface area (Å²) >= 11 is 1.49. The monoisotopic (exact) mass is 418 g/mol. The SMILES string of the molecule is COc1ccccc1N1CCN(S(=O)(=O)c2cn(C)nc2-c2cccs2)CC1. The van der Waals surface area contributed by atoms with Crippen molar-refractivity contribution in [2.45, 2.75) is 4.90 Å². The number of anilines is 1. The van der Waals surface area contributed by atoms with E-state index in [1.807, 2.05) is 41.8 Å². The van der Waals surface area contributed by atoms with Crippen LogP contribution in [0.15, 0.2) is 52.9 Å². The number of aromatic nitrogens is 2. The smallest absolute Gasteiger partial charge is 0.246 e. The van der Waals surface area contributed by atoms with E-state index in [0.29, 0.717) is 31.9 Å². The molecule has 3 heterocycles. The van der Waals surface area contributed by atoms with E-state index in [2.05, 4.69) is 10.00 Å². The van der Waals surface area contributed by atoms with Gasteiger partial charge in [0, 0.05) is 39.4 Å². The molecule has 28 heavy (non-hydrogen) atoms. The molecule has 1 aromatic carbocycles. The Morgan fingerprint density at radius 2 is 1.82 bits per heavy atom. The largest absolute Gasteiger partial charge is 0.495 e. The first-order valence-electron chi connectivity index (χ1n) is 8.96. The molecule has 0 unspecified atom stereocenters. The van der Waals surface area contributed by atoms with Gasteiger partial charge in [-0.2, -0.15) is 9.40 Å². The van der Waals surface area contributed by atoms with Crippen LogP contribution in [0.1, 0.15) is 0 Å². The molecule has 1 saturated heterocycles. The Morgan fingerprint density at radius 1 is 1.07 bits per heavy atom. The minimum atomic E-state index is -3.62. The van der Waals surface area contributed by atoms with Crippen molar-refractivity contribution in [2.24, 2.45) is 7.05 Å². The molecule has 0 bridgehead atoms. The van der Waals surface area contributed by atoms with E-state index in [-0.39, 0.29) is 4.90 Å². The zero-order valence-corrected chi connectivity index (χ0v) is 17.4. The minimum Gasteiger partial charge on any atom is -0.495 e. The van der Waals surface area contributed by atoms with Crippen molar-refractivity contribution in [1.82, 2.24) is 14.1 Å². The quantitative estimate of drug-likeness (QED) is 0.637. The van der Waals surface area contributed by atoms with E-state index < -0.39 is 10.0 Å². The molecule has 1 aliphatic rings. The molecular weight excluding hydrogens is 396 g/mol. The zero-order valence-electron chi connectivity index (χ0n) is 15.8. The fourth-order valence-corrected chi connectivity index (χ4v) is 5.83. The third-order valence-corrected chi connectivity index (χ3v) is 7.61. The summed E-state index contributed by atoms with van der Waals surface area (Å²) in [5.74, 6) is 0.797. The second kappa shape index (κ2) is 7.57. The average Bonchev–Trinajstić information content (AvgIpc) is 3.38. The maximum atomic E-state index is 13.3. The molecule has 0 spiro atoms. The first-order valence-corrected chi connectivity index (χ1v) is 11.3. The van der Waals surface area contributed by atoms with E-state index in [4.69, 9.17) is 4.74 Å². The van der Waals surface area contributed by atoms with Gasteiger partial charge in [-0.15, -0.1) is 11.3 Å². The second-order valence-electron chi connectivity index (χ2n) is 6.56. The fourth-order valence-electron chi connectivity index (χ4n) is 3.44. The lowest BCUT2D eigenvalue weighted by Crippen LogP contribution is -2.48. The van der Waals surface area contributed by atoms with Gasteiger partial charge in [0.2, 0.25) is 10.0 Å². The Hall–Kier alpha value is -2.36. The molecular formula is C19H22N4O3S2. The predicted molar refractivity (Wildman–Crippen MR) is 110 cm³/mol. The second-order valence-corrected chi connectivity index (χ2v) is 9.41. The third kappa shape index (κ3) is 3.41. The summed E-state index contributed by atoms with van der Waals surface area (Å²) in [6, 6.07) is 11.6. The van der Waals surface area contributed by atoms with Crippen molar-refractivity contribution in [3.05, 3.63) is 48.0 Å². The number of rotatable bonds is 5. The van der Waals surface area contributed by atoms with Crippen molar-refractivity contribution < 1.29 is 13.2 Å². The van der Waals surface area contributed by atoms with Gasteiger partial charge in [0.05, 0.1) is 17.7 Å². The number of piperazine rings is 1. The molecule has 7 nitrogen and oxygen atoms in total. The molecule has 2 aromatic heterocycles. The standard InChI is InChI=1S/C19H22N4O3S2/c1-21-14-18(19(20-21)17-8-5-13-27-17)28(24,25)23-11-9-22(10-12-23)15-6-3-4-7-16(15)26-2/h3-8,13-14H,9-12H2,1-2H3. The number of hydrogen-bond acceptors (Lipinski definition) is 6. The summed E-state index contributed by atoms with van der Waals surface area (Å²) in [6.07, 6.45) is 1.59. The van der Waals surface area contributed by atoms with Crippen molar-refractivity contribution in [3.63, 3.8) is 0 Å². The van der Waals surface area contributed by atoms with Crippen LogP contribution in [-0.4, -0.2) is 55.8 Å². The maximum absolute atomic E-state index is 13.3. The lowest BCUT2D eigenvalue weighted by molar-refractivity contribution is 0.378. The van der Waals surface area contributed by atoms with Gasteiger partial charge in [-0.3, -0.25) is 4.68 Å². The van der Waals surface area contributed by atoms with Crippen LogP contribution in [0.5, 0.6) is 5.75 Å². The van der Waals surface area contributed by atoms with Crippen LogP contribution < -0.4 is 9.64 Å². The van der Waals surface area contributed by atoms with Gasteiger partial charge in [-0.1, -0.05) is 18.2 Å². The lowest BCUT2D eigenvalue weighted by atomic mass is 10.2. The van der Waals surface area contributed by atoms with E-state index in [9.17, 15) is 8.42 Å². The third-order valence-electron chi connectivity index (χ3n) is 4.83. The Morgan fingerprint density at radius 3 is 2.50 bits per heavy atom. The Kier molecular flexibility index (Phi) is 5.13. The maximum Gasteiger partial charge on any atom is 0.246 e. The molecule has 0 amide bonds. The Bertz CT molecular complexity index is 1050. The van der Waals surface area contributed by atoms with Gasteiger partial charge in [0.1, 0.15) is 16.3 Å². The number of hydrogen-bond donors (Lipinski definition) is 0. The van der Waals surface area contributed by atoms with Gasteiger partial charge in [-0.05, 0) is 23.6 Å². The molecule has 3 aromatic rings. The average molecular weight is 419 g/mol. The molecule has 0 N–H and O–H groups in total. The number of aryl methyl sites for hydroxylation is 1. The highest BCUT2D eigenvalue weighted by Gasteiger charge is 2.33. The van der Waals surface area contributed by atoms with Crippen molar-refractivity contribution in [2.75, 3.05) is 38.2 Å². The highest BCUT2D eigenvalue weighted by atomic mass is 32.2. The summed E-state index contributed by atoms with van der Waals surface area (Å²) in [7, 11) is -0.228. The summed E-state index contributed by atoms with van der Waals surface area (Å²) < 4.78 is 35.2. The molecule has 1 aliphatic heterocycles. The van der Waals surface area contributed by atoms with Gasteiger partial charge < -0.3 is 9.64 Å². The van der Waals surface area contributed by atoms with Crippen LogP contribution in [0.3, 0.4) is 0 Å². The molecule has 1 fully saturated rings. The topological polar surface area (TPSA) is 67.7 Å². The van der Waals surface area contributed by atoms with Crippen LogP contribution in [0.2, 0.25) is 0 Å². The first kappa shape index (κ1) is 19.0.